The quantitative estimate of drug-likeness (QED) is 0.601. The van der Waals surface area contributed by atoms with Crippen LogP contribution in [0.5, 0.6) is 0 Å². The lowest BCUT2D eigenvalue weighted by Gasteiger charge is -2.13. The Morgan fingerprint density at radius 3 is 2.36 bits per heavy atom. The Morgan fingerprint density at radius 2 is 1.68 bits per heavy atom. The fourth-order valence-corrected chi connectivity index (χ4v) is 2.94. The second-order valence-electron chi connectivity index (χ2n) is 6.35. The summed E-state index contributed by atoms with van der Waals surface area (Å²) >= 11 is 0. The van der Waals surface area contributed by atoms with Crippen molar-refractivity contribution in [3.8, 4) is 0 Å². The van der Waals surface area contributed by atoms with Gasteiger partial charge in [0.1, 0.15) is 0 Å². The molecule has 2 N–H and O–H groups in total. The van der Waals surface area contributed by atoms with E-state index in [1.54, 1.807) is 14.2 Å². The summed E-state index contributed by atoms with van der Waals surface area (Å²) in [6, 6.07) is 15.1. The number of ether oxygens (including phenoxy) is 1. The molecular weight excluding hydrogens is 310 g/mol. The van der Waals surface area contributed by atoms with Crippen molar-refractivity contribution in [2.24, 2.45) is 4.99 Å². The molecule has 0 unspecified atom stereocenters. The van der Waals surface area contributed by atoms with Crippen molar-refractivity contribution in [1.29, 1.82) is 0 Å². The second-order valence-corrected chi connectivity index (χ2v) is 6.35. The SMILES string of the molecule is CN=C(NCCc1cc(C)cc(C)c1)NCc1cccc(COC)c1. The number of guanidine groups is 1. The average molecular weight is 339 g/mol. The van der Waals surface area contributed by atoms with Crippen LogP contribution in [-0.2, 0) is 24.3 Å². The van der Waals surface area contributed by atoms with Gasteiger partial charge in [0.25, 0.3) is 0 Å². The Hall–Kier alpha value is -2.33. The van der Waals surface area contributed by atoms with Gasteiger partial charge in [-0.3, -0.25) is 4.99 Å². The number of hydrogen-bond donors (Lipinski definition) is 2. The van der Waals surface area contributed by atoms with Crippen LogP contribution in [-0.4, -0.2) is 26.7 Å². The molecule has 2 aromatic carbocycles. The van der Waals surface area contributed by atoms with E-state index in [9.17, 15) is 0 Å². The molecule has 134 valence electrons. The molecule has 0 aliphatic rings. The van der Waals surface area contributed by atoms with Crippen molar-refractivity contribution in [3.63, 3.8) is 0 Å². The summed E-state index contributed by atoms with van der Waals surface area (Å²) in [6.45, 7) is 6.51. The highest BCUT2D eigenvalue weighted by atomic mass is 16.5. The number of rotatable bonds is 7. The fraction of sp³-hybridized carbons (Fsp3) is 0.381. The number of aliphatic imine (C=N–C) groups is 1. The molecule has 4 heteroatoms. The first-order valence-electron chi connectivity index (χ1n) is 8.69. The Bertz CT molecular complexity index is 690. The molecule has 4 nitrogen and oxygen atoms in total. The highest BCUT2D eigenvalue weighted by Crippen LogP contribution is 2.09. The Labute approximate surface area is 151 Å². The van der Waals surface area contributed by atoms with Crippen LogP contribution in [0.15, 0.2) is 47.5 Å². The number of aryl methyl sites for hydroxylation is 2. The van der Waals surface area contributed by atoms with Crippen molar-refractivity contribution < 1.29 is 4.74 Å². The Morgan fingerprint density at radius 1 is 0.960 bits per heavy atom. The number of hydrogen-bond acceptors (Lipinski definition) is 2. The summed E-state index contributed by atoms with van der Waals surface area (Å²) in [5, 5.41) is 6.74. The topological polar surface area (TPSA) is 45.7 Å². The molecule has 25 heavy (non-hydrogen) atoms. The van der Waals surface area contributed by atoms with Crippen molar-refractivity contribution >= 4 is 5.96 Å². The van der Waals surface area contributed by atoms with Gasteiger partial charge in [0.2, 0.25) is 0 Å². The van der Waals surface area contributed by atoms with Gasteiger partial charge in [-0.2, -0.15) is 0 Å². The van der Waals surface area contributed by atoms with E-state index in [1.165, 1.54) is 27.8 Å². The number of benzene rings is 2. The van der Waals surface area contributed by atoms with Gasteiger partial charge in [-0.05, 0) is 37.0 Å². The van der Waals surface area contributed by atoms with E-state index in [0.717, 1.165) is 25.5 Å². The minimum Gasteiger partial charge on any atom is -0.380 e. The van der Waals surface area contributed by atoms with Gasteiger partial charge in [-0.15, -0.1) is 0 Å². The third-order valence-corrected chi connectivity index (χ3v) is 3.97. The van der Waals surface area contributed by atoms with Crippen molar-refractivity contribution in [2.75, 3.05) is 20.7 Å². The molecule has 0 heterocycles. The molecule has 0 aromatic heterocycles. The van der Waals surface area contributed by atoms with Crippen molar-refractivity contribution in [3.05, 3.63) is 70.3 Å². The van der Waals surface area contributed by atoms with Crippen molar-refractivity contribution in [1.82, 2.24) is 10.6 Å². The van der Waals surface area contributed by atoms with Gasteiger partial charge in [-0.25, -0.2) is 0 Å². The van der Waals surface area contributed by atoms with E-state index in [1.807, 2.05) is 0 Å². The number of nitrogens with one attached hydrogen (secondary N) is 2. The van der Waals surface area contributed by atoms with Gasteiger partial charge in [0.15, 0.2) is 5.96 Å². The van der Waals surface area contributed by atoms with E-state index in [-0.39, 0.29) is 0 Å². The summed E-state index contributed by atoms with van der Waals surface area (Å²) in [7, 11) is 3.51. The summed E-state index contributed by atoms with van der Waals surface area (Å²) in [6.07, 6.45) is 0.979. The zero-order chi connectivity index (χ0) is 18.1. The molecule has 0 spiro atoms. The molecule has 0 atom stereocenters. The lowest BCUT2D eigenvalue weighted by atomic mass is 10.1. The van der Waals surface area contributed by atoms with Gasteiger partial charge < -0.3 is 15.4 Å². The maximum atomic E-state index is 5.19. The predicted octanol–water partition coefficient (Wildman–Crippen LogP) is 3.36. The first-order valence-corrected chi connectivity index (χ1v) is 8.69. The van der Waals surface area contributed by atoms with Gasteiger partial charge in [0.05, 0.1) is 6.61 Å². The van der Waals surface area contributed by atoms with Crippen LogP contribution >= 0.6 is 0 Å². The van der Waals surface area contributed by atoms with E-state index in [4.69, 9.17) is 4.74 Å². The number of methoxy groups -OCH3 is 1. The van der Waals surface area contributed by atoms with Crippen LogP contribution in [0.2, 0.25) is 0 Å². The van der Waals surface area contributed by atoms with Crippen LogP contribution in [0.25, 0.3) is 0 Å². The van der Waals surface area contributed by atoms with Crippen LogP contribution < -0.4 is 10.6 Å². The zero-order valence-corrected chi connectivity index (χ0v) is 15.7. The van der Waals surface area contributed by atoms with Crippen molar-refractivity contribution in [2.45, 2.75) is 33.4 Å². The molecule has 2 aromatic rings. The molecule has 2 rings (SSSR count). The fourth-order valence-electron chi connectivity index (χ4n) is 2.94. The third-order valence-electron chi connectivity index (χ3n) is 3.97. The van der Waals surface area contributed by atoms with E-state index < -0.39 is 0 Å². The Kier molecular flexibility index (Phi) is 7.48. The molecule has 0 bridgehead atoms. The summed E-state index contributed by atoms with van der Waals surface area (Å²) < 4.78 is 5.19. The molecule has 0 saturated carbocycles. The highest BCUT2D eigenvalue weighted by Gasteiger charge is 2.01. The minimum atomic E-state index is 0.636. The Balaban J connectivity index is 1.81. The average Bonchev–Trinajstić information content (AvgIpc) is 2.58. The maximum Gasteiger partial charge on any atom is 0.191 e. The third kappa shape index (κ3) is 6.59. The lowest BCUT2D eigenvalue weighted by molar-refractivity contribution is 0.185. The number of nitrogens with zero attached hydrogens (tertiary/aromatic N) is 1. The zero-order valence-electron chi connectivity index (χ0n) is 15.7. The van der Waals surface area contributed by atoms with Crippen LogP contribution in [0.4, 0.5) is 0 Å². The predicted molar refractivity (Wildman–Crippen MR) is 105 cm³/mol. The monoisotopic (exact) mass is 339 g/mol. The minimum absolute atomic E-state index is 0.636. The molecule has 0 amide bonds. The molecule has 0 aliphatic carbocycles. The van der Waals surface area contributed by atoms with E-state index in [0.29, 0.717) is 6.61 Å². The first-order chi connectivity index (χ1) is 12.1. The van der Waals surface area contributed by atoms with E-state index in [2.05, 4.69) is 71.9 Å². The smallest absolute Gasteiger partial charge is 0.191 e. The summed E-state index contributed by atoms with van der Waals surface area (Å²) in [5.74, 6) is 0.821. The summed E-state index contributed by atoms with van der Waals surface area (Å²) in [4.78, 5) is 4.30. The standard InChI is InChI=1S/C21H29N3O/c1-16-10-17(2)12-18(11-16)8-9-23-21(22-3)24-14-19-6-5-7-20(13-19)15-25-4/h5-7,10-13H,8-9,14-15H2,1-4H3,(H2,22,23,24). The van der Waals surface area contributed by atoms with Crippen LogP contribution in [0.3, 0.4) is 0 Å². The highest BCUT2D eigenvalue weighted by molar-refractivity contribution is 5.79. The van der Waals surface area contributed by atoms with E-state index >= 15 is 0 Å². The van der Waals surface area contributed by atoms with Crippen LogP contribution in [0.1, 0.15) is 27.8 Å². The lowest BCUT2D eigenvalue weighted by Crippen LogP contribution is -2.37. The molecule has 0 fully saturated rings. The molecule has 0 radical (unpaired) electrons. The largest absolute Gasteiger partial charge is 0.380 e. The van der Waals surface area contributed by atoms with Gasteiger partial charge in [0, 0.05) is 27.2 Å². The first kappa shape index (κ1) is 19.0. The second kappa shape index (κ2) is 9.84. The normalized spacial score (nSPS) is 11.4. The maximum absolute atomic E-state index is 5.19. The molecule has 0 saturated heterocycles. The molecule has 0 aliphatic heterocycles. The van der Waals surface area contributed by atoms with Gasteiger partial charge in [-0.1, -0.05) is 53.6 Å². The van der Waals surface area contributed by atoms with Gasteiger partial charge >= 0.3 is 0 Å². The molecular formula is C21H29N3O. The van der Waals surface area contributed by atoms with Crippen LogP contribution in [0, 0.1) is 13.8 Å². The summed E-state index contributed by atoms with van der Waals surface area (Å²) in [5.41, 5.74) is 6.38.